The van der Waals surface area contributed by atoms with Gasteiger partial charge in [0.05, 0.1) is 12.2 Å². The van der Waals surface area contributed by atoms with Crippen LogP contribution in [-0.2, 0) is 6.54 Å². The molecule has 0 atom stereocenters. The molecule has 2 heterocycles. The number of halogens is 2. The van der Waals surface area contributed by atoms with Crippen LogP contribution in [0.3, 0.4) is 0 Å². The molecule has 0 saturated heterocycles. The van der Waals surface area contributed by atoms with Gasteiger partial charge in [-0.25, -0.2) is 9.78 Å². The van der Waals surface area contributed by atoms with Gasteiger partial charge in [-0.3, -0.25) is 0 Å². The van der Waals surface area contributed by atoms with Crippen molar-refractivity contribution >= 4 is 40.5 Å². The summed E-state index contributed by atoms with van der Waals surface area (Å²) in [6, 6.07) is 7.05. The molecule has 0 spiro atoms. The van der Waals surface area contributed by atoms with Crippen molar-refractivity contribution in [1.29, 1.82) is 0 Å². The first-order valence-electron chi connectivity index (χ1n) is 6.74. The molecule has 0 bridgehead atoms. The van der Waals surface area contributed by atoms with Gasteiger partial charge in [-0.2, -0.15) is 11.3 Å². The smallest absolute Gasteiger partial charge is 0.354 e. The largest absolute Gasteiger partial charge is 0.477 e. The van der Waals surface area contributed by atoms with E-state index in [-0.39, 0.29) is 12.2 Å². The average Bonchev–Trinajstić information content (AvgIpc) is 3.10. The Hall–Kier alpha value is -1.82. The first-order valence-corrected chi connectivity index (χ1v) is 8.44. The van der Waals surface area contributed by atoms with Gasteiger partial charge in [-0.15, -0.1) is 0 Å². The van der Waals surface area contributed by atoms with Gasteiger partial charge in [0.25, 0.3) is 0 Å². The second kappa shape index (κ2) is 6.35. The fourth-order valence-corrected chi connectivity index (χ4v) is 3.45. The Morgan fingerprint density at radius 3 is 2.78 bits per heavy atom. The van der Waals surface area contributed by atoms with E-state index in [0.717, 1.165) is 11.1 Å². The van der Waals surface area contributed by atoms with Gasteiger partial charge in [0, 0.05) is 21.0 Å². The minimum Gasteiger partial charge on any atom is -0.477 e. The van der Waals surface area contributed by atoms with Crippen molar-refractivity contribution < 1.29 is 9.90 Å². The number of benzene rings is 1. The summed E-state index contributed by atoms with van der Waals surface area (Å²) in [5.74, 6) is -0.410. The standard InChI is InChI=1S/C16H12Cl2N2O2S/c1-9-14(16(21)22)20(15(19-9)10-4-5-23-8-10)7-11-6-12(17)2-3-13(11)18/h2-6,8H,7H2,1H3,(H,21,22). The van der Waals surface area contributed by atoms with E-state index in [1.807, 2.05) is 16.8 Å². The van der Waals surface area contributed by atoms with Gasteiger partial charge in [-0.05, 0) is 42.1 Å². The normalized spacial score (nSPS) is 10.9. The topological polar surface area (TPSA) is 55.1 Å². The van der Waals surface area contributed by atoms with Crippen LogP contribution >= 0.6 is 34.5 Å². The van der Waals surface area contributed by atoms with E-state index >= 15 is 0 Å². The van der Waals surface area contributed by atoms with Crippen molar-refractivity contribution in [2.45, 2.75) is 13.5 Å². The third kappa shape index (κ3) is 3.13. The Labute approximate surface area is 146 Å². The molecule has 3 aromatic rings. The Balaban J connectivity index is 2.16. The van der Waals surface area contributed by atoms with Crippen molar-refractivity contribution in [3.63, 3.8) is 0 Å². The molecule has 1 N–H and O–H groups in total. The number of thiophene rings is 1. The zero-order valence-corrected chi connectivity index (χ0v) is 14.4. The summed E-state index contributed by atoms with van der Waals surface area (Å²) in [5, 5.41) is 14.5. The lowest BCUT2D eigenvalue weighted by Gasteiger charge is -2.11. The molecule has 0 fully saturated rings. The summed E-state index contributed by atoms with van der Waals surface area (Å²) < 4.78 is 1.66. The maximum absolute atomic E-state index is 11.7. The number of hydrogen-bond acceptors (Lipinski definition) is 3. The molecule has 0 aliphatic heterocycles. The van der Waals surface area contributed by atoms with Gasteiger partial charge >= 0.3 is 5.97 Å². The van der Waals surface area contributed by atoms with Crippen LogP contribution in [0.25, 0.3) is 11.4 Å². The summed E-state index contributed by atoms with van der Waals surface area (Å²) in [7, 11) is 0. The van der Waals surface area contributed by atoms with E-state index in [9.17, 15) is 9.90 Å². The number of rotatable bonds is 4. The Morgan fingerprint density at radius 1 is 1.35 bits per heavy atom. The number of carboxylic acid groups (broad SMARTS) is 1. The van der Waals surface area contributed by atoms with Gasteiger partial charge in [0.15, 0.2) is 5.69 Å². The molecule has 0 radical (unpaired) electrons. The van der Waals surface area contributed by atoms with Crippen molar-refractivity contribution in [2.75, 3.05) is 0 Å². The second-order valence-electron chi connectivity index (χ2n) is 5.01. The van der Waals surface area contributed by atoms with Gasteiger partial charge in [0.1, 0.15) is 5.82 Å². The highest BCUT2D eigenvalue weighted by molar-refractivity contribution is 7.08. The summed E-state index contributed by atoms with van der Waals surface area (Å²) in [6.07, 6.45) is 0. The first kappa shape index (κ1) is 16.1. The van der Waals surface area contributed by atoms with E-state index < -0.39 is 5.97 Å². The number of imidazole rings is 1. The van der Waals surface area contributed by atoms with Crippen LogP contribution in [0.2, 0.25) is 10.0 Å². The van der Waals surface area contributed by atoms with Crippen LogP contribution in [0.15, 0.2) is 35.0 Å². The molecule has 0 aliphatic carbocycles. The zero-order valence-electron chi connectivity index (χ0n) is 12.1. The van der Waals surface area contributed by atoms with Crippen LogP contribution in [0.4, 0.5) is 0 Å². The minimum absolute atomic E-state index is 0.155. The Kier molecular flexibility index (Phi) is 4.43. The molecule has 4 nitrogen and oxygen atoms in total. The summed E-state index contributed by atoms with van der Waals surface area (Å²) in [4.78, 5) is 16.1. The number of nitrogens with zero attached hydrogens (tertiary/aromatic N) is 2. The van der Waals surface area contributed by atoms with Gasteiger partial charge in [0.2, 0.25) is 0 Å². The lowest BCUT2D eigenvalue weighted by Crippen LogP contribution is -2.12. The number of hydrogen-bond donors (Lipinski definition) is 1. The summed E-state index contributed by atoms with van der Waals surface area (Å²) in [5.41, 5.74) is 2.25. The molecule has 1 aromatic carbocycles. The fourth-order valence-electron chi connectivity index (χ4n) is 2.44. The molecule has 0 amide bonds. The Morgan fingerprint density at radius 2 is 2.13 bits per heavy atom. The van der Waals surface area contributed by atoms with Crippen molar-refractivity contribution in [2.24, 2.45) is 0 Å². The van der Waals surface area contributed by atoms with Crippen LogP contribution in [0.5, 0.6) is 0 Å². The number of carbonyl (C=O) groups is 1. The predicted molar refractivity (Wildman–Crippen MR) is 92.8 cm³/mol. The molecule has 0 unspecified atom stereocenters. The molecular weight excluding hydrogens is 355 g/mol. The first-order chi connectivity index (χ1) is 11.0. The molecule has 0 saturated carbocycles. The molecule has 2 aromatic heterocycles. The van der Waals surface area contributed by atoms with Crippen molar-refractivity contribution in [1.82, 2.24) is 9.55 Å². The Bertz CT molecular complexity index is 873. The summed E-state index contributed by atoms with van der Waals surface area (Å²) in [6.45, 7) is 1.97. The lowest BCUT2D eigenvalue weighted by atomic mass is 10.2. The maximum atomic E-state index is 11.7. The second-order valence-corrected chi connectivity index (χ2v) is 6.63. The number of aryl methyl sites for hydroxylation is 1. The number of aromatic carboxylic acids is 1. The summed E-state index contributed by atoms with van der Waals surface area (Å²) >= 11 is 13.8. The highest BCUT2D eigenvalue weighted by Gasteiger charge is 2.22. The number of aromatic nitrogens is 2. The van der Waals surface area contributed by atoms with E-state index in [2.05, 4.69) is 4.98 Å². The van der Waals surface area contributed by atoms with Crippen molar-refractivity contribution in [3.8, 4) is 11.4 Å². The van der Waals surface area contributed by atoms with E-state index in [1.165, 1.54) is 11.3 Å². The van der Waals surface area contributed by atoms with Crippen molar-refractivity contribution in [3.05, 3.63) is 62.0 Å². The highest BCUT2D eigenvalue weighted by atomic mass is 35.5. The minimum atomic E-state index is -1.02. The predicted octanol–water partition coefficient (Wildman–Crippen LogP) is 4.97. The SMILES string of the molecule is Cc1nc(-c2ccsc2)n(Cc2cc(Cl)ccc2Cl)c1C(=O)O. The number of carboxylic acids is 1. The van der Waals surface area contributed by atoms with Crippen LogP contribution in [-0.4, -0.2) is 20.6 Å². The molecule has 23 heavy (non-hydrogen) atoms. The molecule has 3 rings (SSSR count). The zero-order chi connectivity index (χ0) is 16.6. The average molecular weight is 367 g/mol. The monoisotopic (exact) mass is 366 g/mol. The lowest BCUT2D eigenvalue weighted by molar-refractivity contribution is 0.0685. The van der Waals surface area contributed by atoms with E-state index in [1.54, 1.807) is 29.7 Å². The third-order valence-corrected chi connectivity index (χ3v) is 4.75. The third-order valence-electron chi connectivity index (χ3n) is 3.46. The van der Waals surface area contributed by atoms with E-state index in [0.29, 0.717) is 21.6 Å². The molecule has 7 heteroatoms. The fraction of sp³-hybridized carbons (Fsp3) is 0.125. The molecule has 118 valence electrons. The molecular formula is C16H12Cl2N2O2S. The van der Waals surface area contributed by atoms with Crippen LogP contribution in [0, 0.1) is 6.92 Å². The van der Waals surface area contributed by atoms with Crippen LogP contribution in [0.1, 0.15) is 21.7 Å². The van der Waals surface area contributed by atoms with Gasteiger partial charge < -0.3 is 9.67 Å². The van der Waals surface area contributed by atoms with E-state index in [4.69, 9.17) is 23.2 Å². The maximum Gasteiger partial charge on any atom is 0.354 e. The highest BCUT2D eigenvalue weighted by Crippen LogP contribution is 2.28. The van der Waals surface area contributed by atoms with Crippen LogP contribution < -0.4 is 0 Å². The molecule has 0 aliphatic rings. The van der Waals surface area contributed by atoms with Gasteiger partial charge in [-0.1, -0.05) is 23.2 Å². The quantitative estimate of drug-likeness (QED) is 0.708.